The number of rotatable bonds is 3. The molecule has 16 heavy (non-hydrogen) atoms. The Labute approximate surface area is 97.5 Å². The average Bonchev–Trinajstić information content (AvgIpc) is 2.18. The predicted octanol–water partition coefficient (Wildman–Crippen LogP) is 2.75. The van der Waals surface area contributed by atoms with Crippen molar-refractivity contribution in [1.82, 2.24) is 0 Å². The van der Waals surface area contributed by atoms with Crippen LogP contribution in [0.2, 0.25) is 0 Å². The topological polar surface area (TPSA) is 52.3 Å². The summed E-state index contributed by atoms with van der Waals surface area (Å²) in [7, 11) is 0. The van der Waals surface area contributed by atoms with Crippen LogP contribution in [-0.4, -0.2) is 17.5 Å². The number of nitrogen functional groups attached to an aromatic ring is 1. The van der Waals surface area contributed by atoms with Crippen molar-refractivity contribution in [3.63, 3.8) is 0 Å². The van der Waals surface area contributed by atoms with Gasteiger partial charge in [-0.15, -0.1) is 13.2 Å². The lowest BCUT2D eigenvalue weighted by atomic mass is 10.1. The van der Waals surface area contributed by atoms with Crippen LogP contribution in [0.1, 0.15) is 10.4 Å². The Bertz CT molecular complexity index is 406. The van der Waals surface area contributed by atoms with E-state index < -0.39 is 17.9 Å². The first-order valence-corrected chi connectivity index (χ1v) is 5.20. The number of hydrogen-bond donors (Lipinski definition) is 1. The molecule has 0 saturated carbocycles. The van der Waals surface area contributed by atoms with Crippen molar-refractivity contribution in [3.05, 3.63) is 23.8 Å². The van der Waals surface area contributed by atoms with Gasteiger partial charge in [-0.1, -0.05) is 22.0 Å². The molecule has 0 aromatic heterocycles. The van der Waals surface area contributed by atoms with Gasteiger partial charge >= 0.3 is 6.36 Å². The summed E-state index contributed by atoms with van der Waals surface area (Å²) in [6.45, 7) is 0. The molecule has 0 bridgehead atoms. The van der Waals surface area contributed by atoms with Crippen molar-refractivity contribution >= 4 is 27.4 Å². The molecular weight excluding hydrogens is 291 g/mol. The summed E-state index contributed by atoms with van der Waals surface area (Å²) < 4.78 is 39.9. The van der Waals surface area contributed by atoms with Gasteiger partial charge in [0.15, 0.2) is 11.5 Å². The van der Waals surface area contributed by atoms with Gasteiger partial charge in [0.05, 0.1) is 16.6 Å². The SMILES string of the molecule is Nc1cccc(C(=O)CBr)c1OC(F)(F)F. The van der Waals surface area contributed by atoms with E-state index in [-0.39, 0.29) is 16.6 Å². The zero-order valence-electron chi connectivity index (χ0n) is 7.84. The molecule has 88 valence electrons. The number of para-hydroxylation sites is 1. The minimum Gasteiger partial charge on any atom is -0.403 e. The van der Waals surface area contributed by atoms with Gasteiger partial charge in [0.2, 0.25) is 0 Å². The van der Waals surface area contributed by atoms with Gasteiger partial charge in [-0.2, -0.15) is 0 Å². The number of alkyl halides is 4. The van der Waals surface area contributed by atoms with E-state index in [1.165, 1.54) is 18.2 Å². The molecule has 0 heterocycles. The molecule has 0 aliphatic carbocycles. The lowest BCUT2D eigenvalue weighted by molar-refractivity contribution is -0.274. The summed E-state index contributed by atoms with van der Waals surface area (Å²) in [5, 5.41) is -0.106. The highest BCUT2D eigenvalue weighted by molar-refractivity contribution is 9.09. The van der Waals surface area contributed by atoms with E-state index in [1.54, 1.807) is 0 Å². The Morgan fingerprint density at radius 2 is 2.06 bits per heavy atom. The number of halogens is 4. The smallest absolute Gasteiger partial charge is 0.403 e. The molecule has 0 radical (unpaired) electrons. The third kappa shape index (κ3) is 3.13. The van der Waals surface area contributed by atoms with Crippen LogP contribution in [0, 0.1) is 0 Å². The number of ketones is 1. The number of benzene rings is 1. The Hall–Kier alpha value is -1.24. The Balaban J connectivity index is 3.19. The largest absolute Gasteiger partial charge is 0.573 e. The maximum Gasteiger partial charge on any atom is 0.573 e. The van der Waals surface area contributed by atoms with E-state index in [4.69, 9.17) is 5.73 Å². The molecule has 0 aliphatic rings. The van der Waals surface area contributed by atoms with Crippen molar-refractivity contribution in [1.29, 1.82) is 0 Å². The molecule has 0 amide bonds. The van der Waals surface area contributed by atoms with Gasteiger partial charge in [-0.25, -0.2) is 0 Å². The van der Waals surface area contributed by atoms with Crippen molar-refractivity contribution in [2.75, 3.05) is 11.1 Å². The summed E-state index contributed by atoms with van der Waals surface area (Å²) in [5.41, 5.74) is 4.90. The third-order valence-corrected chi connectivity index (χ3v) is 2.19. The van der Waals surface area contributed by atoms with Crippen LogP contribution in [0.5, 0.6) is 5.75 Å². The van der Waals surface area contributed by atoms with Crippen LogP contribution >= 0.6 is 15.9 Å². The Morgan fingerprint density at radius 3 is 2.56 bits per heavy atom. The van der Waals surface area contributed by atoms with Gasteiger partial charge in [0, 0.05) is 0 Å². The van der Waals surface area contributed by atoms with Gasteiger partial charge < -0.3 is 10.5 Å². The van der Waals surface area contributed by atoms with E-state index >= 15 is 0 Å². The average molecular weight is 298 g/mol. The molecule has 2 N–H and O–H groups in total. The Kier molecular flexibility index (Phi) is 3.79. The first-order chi connectivity index (χ1) is 7.35. The molecule has 0 spiro atoms. The summed E-state index contributed by atoms with van der Waals surface area (Å²) >= 11 is 2.86. The number of Topliss-reactive ketones (excluding diaryl/α,β-unsaturated/α-hetero) is 1. The third-order valence-electron chi connectivity index (χ3n) is 1.69. The summed E-state index contributed by atoms with van der Waals surface area (Å²) in [6, 6.07) is 3.83. The second-order valence-corrected chi connectivity index (χ2v) is 3.39. The fraction of sp³-hybridized carbons (Fsp3) is 0.222. The van der Waals surface area contributed by atoms with E-state index in [0.717, 1.165) is 0 Å². The molecule has 0 unspecified atom stereocenters. The first kappa shape index (κ1) is 12.8. The van der Waals surface area contributed by atoms with Crippen LogP contribution in [0.25, 0.3) is 0 Å². The monoisotopic (exact) mass is 297 g/mol. The standard InChI is InChI=1S/C9H7BrF3NO2/c10-4-7(15)5-2-1-3-6(14)8(5)16-9(11,12)13/h1-3H,4,14H2. The highest BCUT2D eigenvalue weighted by Gasteiger charge is 2.33. The minimum absolute atomic E-state index is 0.106. The van der Waals surface area contributed by atoms with E-state index in [0.29, 0.717) is 0 Å². The number of carbonyl (C=O) groups excluding carboxylic acids is 1. The van der Waals surface area contributed by atoms with Crippen molar-refractivity contribution < 1.29 is 22.7 Å². The van der Waals surface area contributed by atoms with Gasteiger partial charge in [0.25, 0.3) is 0 Å². The van der Waals surface area contributed by atoms with Gasteiger partial charge in [-0.3, -0.25) is 4.79 Å². The summed E-state index contributed by atoms with van der Waals surface area (Å²) in [4.78, 5) is 11.3. The second kappa shape index (κ2) is 4.73. The van der Waals surface area contributed by atoms with Crippen LogP contribution in [-0.2, 0) is 0 Å². The quantitative estimate of drug-likeness (QED) is 0.530. The maximum absolute atomic E-state index is 12.1. The van der Waals surface area contributed by atoms with Crippen LogP contribution < -0.4 is 10.5 Å². The predicted molar refractivity (Wildman–Crippen MR) is 55.7 cm³/mol. The van der Waals surface area contributed by atoms with E-state index in [1.807, 2.05) is 0 Å². The van der Waals surface area contributed by atoms with Crippen molar-refractivity contribution in [3.8, 4) is 5.75 Å². The normalized spacial score (nSPS) is 11.2. The lowest BCUT2D eigenvalue weighted by Gasteiger charge is -2.13. The highest BCUT2D eigenvalue weighted by Crippen LogP contribution is 2.32. The number of ether oxygens (including phenoxy) is 1. The van der Waals surface area contributed by atoms with Crippen LogP contribution in [0.3, 0.4) is 0 Å². The number of anilines is 1. The molecule has 7 heteroatoms. The van der Waals surface area contributed by atoms with Crippen LogP contribution in [0.15, 0.2) is 18.2 Å². The molecule has 0 atom stereocenters. The second-order valence-electron chi connectivity index (χ2n) is 2.83. The zero-order valence-corrected chi connectivity index (χ0v) is 9.43. The summed E-state index contributed by atoms with van der Waals surface area (Å²) in [6.07, 6.45) is -4.88. The molecule has 0 saturated heterocycles. The lowest BCUT2D eigenvalue weighted by Crippen LogP contribution is -2.20. The molecule has 3 nitrogen and oxygen atoms in total. The van der Waals surface area contributed by atoms with Crippen LogP contribution in [0.4, 0.5) is 18.9 Å². The summed E-state index contributed by atoms with van der Waals surface area (Å²) in [5.74, 6) is -1.19. The molecule has 0 aliphatic heterocycles. The highest BCUT2D eigenvalue weighted by atomic mass is 79.9. The zero-order chi connectivity index (χ0) is 12.3. The molecule has 1 rings (SSSR count). The van der Waals surface area contributed by atoms with Crippen molar-refractivity contribution in [2.24, 2.45) is 0 Å². The Morgan fingerprint density at radius 1 is 1.44 bits per heavy atom. The minimum atomic E-state index is -4.88. The molecule has 1 aromatic rings. The molecule has 0 fully saturated rings. The van der Waals surface area contributed by atoms with E-state index in [9.17, 15) is 18.0 Å². The first-order valence-electron chi connectivity index (χ1n) is 4.08. The van der Waals surface area contributed by atoms with Gasteiger partial charge in [-0.05, 0) is 12.1 Å². The fourth-order valence-corrected chi connectivity index (χ4v) is 1.38. The fourth-order valence-electron chi connectivity index (χ4n) is 1.08. The molecule has 1 aromatic carbocycles. The number of hydrogen-bond acceptors (Lipinski definition) is 3. The number of nitrogens with two attached hydrogens (primary N) is 1. The van der Waals surface area contributed by atoms with Gasteiger partial charge in [0.1, 0.15) is 0 Å². The number of carbonyl (C=O) groups is 1. The van der Waals surface area contributed by atoms with Crippen molar-refractivity contribution in [2.45, 2.75) is 6.36 Å². The molecular formula is C9H7BrF3NO2. The van der Waals surface area contributed by atoms with E-state index in [2.05, 4.69) is 20.7 Å². The maximum atomic E-state index is 12.1.